The van der Waals surface area contributed by atoms with E-state index in [9.17, 15) is 9.59 Å². The van der Waals surface area contributed by atoms with E-state index in [1.165, 1.54) is 18.2 Å². The van der Waals surface area contributed by atoms with Crippen molar-refractivity contribution in [1.82, 2.24) is 10.2 Å². The third-order valence-corrected chi connectivity index (χ3v) is 5.52. The minimum atomic E-state index is -0.187. The zero-order valence-corrected chi connectivity index (χ0v) is 17.3. The van der Waals surface area contributed by atoms with Crippen LogP contribution in [0.1, 0.15) is 35.6 Å². The fourth-order valence-corrected chi connectivity index (χ4v) is 4.01. The first-order valence-electron chi connectivity index (χ1n) is 10.2. The summed E-state index contributed by atoms with van der Waals surface area (Å²) in [6, 6.07) is 18.4. The van der Waals surface area contributed by atoms with E-state index >= 15 is 0 Å². The normalized spacial score (nSPS) is 19.0. The zero-order valence-electron chi connectivity index (χ0n) is 17.3. The van der Waals surface area contributed by atoms with Crippen LogP contribution in [0.4, 0.5) is 0 Å². The van der Waals surface area contributed by atoms with E-state index in [1.54, 1.807) is 0 Å². The Morgan fingerprint density at radius 2 is 1.90 bits per heavy atom. The van der Waals surface area contributed by atoms with Gasteiger partial charge in [-0.15, -0.1) is 0 Å². The summed E-state index contributed by atoms with van der Waals surface area (Å²) >= 11 is 0. The molecule has 5 heteroatoms. The number of benzene rings is 2. The molecule has 2 amide bonds. The standard InChI is InChI=1S/C24H30N2O3/c1-18-7-6-10-20(15-18)22-12-11-21(16-26(22)23(27)17-29-2)24(28)25-14-13-19-8-4-3-5-9-19/h3-10,15,21-22H,11-14,16-17H2,1-2H3,(H,25,28)/t21-,22+/m0/s1. The number of hydrogen-bond donors (Lipinski definition) is 1. The molecule has 2 aromatic carbocycles. The first-order chi connectivity index (χ1) is 14.1. The van der Waals surface area contributed by atoms with E-state index in [2.05, 4.69) is 42.6 Å². The van der Waals surface area contributed by atoms with Gasteiger partial charge in [-0.3, -0.25) is 9.59 Å². The van der Waals surface area contributed by atoms with Crippen LogP contribution in [0.25, 0.3) is 0 Å². The molecule has 0 saturated carbocycles. The topological polar surface area (TPSA) is 58.6 Å². The Hall–Kier alpha value is -2.66. The number of carbonyl (C=O) groups excluding carboxylic acids is 2. The van der Waals surface area contributed by atoms with Gasteiger partial charge in [-0.2, -0.15) is 0 Å². The molecule has 3 rings (SSSR count). The largest absolute Gasteiger partial charge is 0.375 e. The van der Waals surface area contributed by atoms with Crippen molar-refractivity contribution in [3.63, 3.8) is 0 Å². The number of ether oxygens (including phenoxy) is 1. The quantitative estimate of drug-likeness (QED) is 0.784. The second-order valence-electron chi connectivity index (χ2n) is 7.71. The van der Waals surface area contributed by atoms with Gasteiger partial charge in [0.05, 0.1) is 12.0 Å². The highest BCUT2D eigenvalue weighted by molar-refractivity contribution is 5.82. The smallest absolute Gasteiger partial charge is 0.249 e. The second kappa shape index (κ2) is 10.2. The van der Waals surface area contributed by atoms with Gasteiger partial charge in [0, 0.05) is 20.2 Å². The van der Waals surface area contributed by atoms with E-state index in [-0.39, 0.29) is 30.4 Å². The molecule has 1 heterocycles. The molecule has 0 unspecified atom stereocenters. The van der Waals surface area contributed by atoms with Crippen LogP contribution in [0.3, 0.4) is 0 Å². The Bertz CT molecular complexity index is 822. The van der Waals surface area contributed by atoms with E-state index < -0.39 is 0 Å². The monoisotopic (exact) mass is 394 g/mol. The van der Waals surface area contributed by atoms with Crippen LogP contribution >= 0.6 is 0 Å². The van der Waals surface area contributed by atoms with Crippen LogP contribution in [0.2, 0.25) is 0 Å². The molecule has 1 fully saturated rings. The van der Waals surface area contributed by atoms with Crippen LogP contribution in [0.15, 0.2) is 54.6 Å². The molecule has 2 aromatic rings. The lowest BCUT2D eigenvalue weighted by molar-refractivity contribution is -0.142. The number of aryl methyl sites for hydroxylation is 1. The predicted octanol–water partition coefficient (Wildman–Crippen LogP) is 3.28. The summed E-state index contributed by atoms with van der Waals surface area (Å²) in [5.41, 5.74) is 3.49. The lowest BCUT2D eigenvalue weighted by Crippen LogP contribution is -2.48. The molecule has 0 aromatic heterocycles. The molecule has 0 spiro atoms. The number of hydrogen-bond acceptors (Lipinski definition) is 3. The summed E-state index contributed by atoms with van der Waals surface area (Å²) in [5, 5.41) is 3.05. The van der Waals surface area contributed by atoms with Crippen molar-refractivity contribution < 1.29 is 14.3 Å². The number of likely N-dealkylation sites (tertiary alicyclic amines) is 1. The van der Waals surface area contributed by atoms with Gasteiger partial charge < -0.3 is 15.0 Å². The minimum Gasteiger partial charge on any atom is -0.375 e. The second-order valence-corrected chi connectivity index (χ2v) is 7.71. The van der Waals surface area contributed by atoms with Crippen LogP contribution < -0.4 is 5.32 Å². The molecule has 1 aliphatic heterocycles. The minimum absolute atomic E-state index is 0.00841. The highest BCUT2D eigenvalue weighted by atomic mass is 16.5. The molecule has 29 heavy (non-hydrogen) atoms. The Labute approximate surface area is 173 Å². The molecule has 0 bridgehead atoms. The van der Waals surface area contributed by atoms with Crippen molar-refractivity contribution in [3.05, 3.63) is 71.3 Å². The molecule has 5 nitrogen and oxygen atoms in total. The van der Waals surface area contributed by atoms with Crippen molar-refractivity contribution in [2.45, 2.75) is 32.2 Å². The van der Waals surface area contributed by atoms with Crippen molar-refractivity contribution >= 4 is 11.8 Å². The Balaban J connectivity index is 1.63. The van der Waals surface area contributed by atoms with Crippen LogP contribution in [-0.2, 0) is 20.7 Å². The fourth-order valence-electron chi connectivity index (χ4n) is 4.01. The summed E-state index contributed by atoms with van der Waals surface area (Å²) in [6.07, 6.45) is 2.35. The molecule has 1 N–H and O–H groups in total. The highest BCUT2D eigenvalue weighted by Gasteiger charge is 2.35. The zero-order chi connectivity index (χ0) is 20.6. The molecular formula is C24H30N2O3. The van der Waals surface area contributed by atoms with Gasteiger partial charge in [0.15, 0.2) is 0 Å². The summed E-state index contributed by atoms with van der Waals surface area (Å²) < 4.78 is 5.08. The van der Waals surface area contributed by atoms with Crippen LogP contribution in [-0.4, -0.2) is 43.5 Å². The summed E-state index contributed by atoms with van der Waals surface area (Å²) in [5.74, 6) is -0.229. The average molecular weight is 395 g/mol. The van der Waals surface area contributed by atoms with Gasteiger partial charge >= 0.3 is 0 Å². The highest BCUT2D eigenvalue weighted by Crippen LogP contribution is 2.34. The van der Waals surface area contributed by atoms with Crippen molar-refractivity contribution in [1.29, 1.82) is 0 Å². The van der Waals surface area contributed by atoms with Gasteiger partial charge in [-0.25, -0.2) is 0 Å². The van der Waals surface area contributed by atoms with Gasteiger partial charge in [0.25, 0.3) is 0 Å². The SMILES string of the molecule is COCC(=O)N1C[C@@H](C(=O)NCCc2ccccc2)CC[C@@H]1c1cccc(C)c1. The Kier molecular flexibility index (Phi) is 7.42. The molecule has 154 valence electrons. The summed E-state index contributed by atoms with van der Waals surface area (Å²) in [6.45, 7) is 3.12. The van der Waals surface area contributed by atoms with E-state index in [4.69, 9.17) is 4.74 Å². The number of methoxy groups -OCH3 is 1. The van der Waals surface area contributed by atoms with Gasteiger partial charge in [-0.1, -0.05) is 60.2 Å². The van der Waals surface area contributed by atoms with Crippen molar-refractivity contribution in [2.75, 3.05) is 26.8 Å². The lowest BCUT2D eigenvalue weighted by Gasteiger charge is -2.39. The maximum atomic E-state index is 12.7. The van der Waals surface area contributed by atoms with E-state index in [1.807, 2.05) is 29.2 Å². The summed E-state index contributed by atoms with van der Waals surface area (Å²) in [7, 11) is 1.53. The van der Waals surface area contributed by atoms with Crippen LogP contribution in [0, 0.1) is 12.8 Å². The molecule has 1 saturated heterocycles. The Morgan fingerprint density at radius 3 is 2.62 bits per heavy atom. The first-order valence-corrected chi connectivity index (χ1v) is 10.2. The van der Waals surface area contributed by atoms with Crippen LogP contribution in [0.5, 0.6) is 0 Å². The number of carbonyl (C=O) groups is 2. The van der Waals surface area contributed by atoms with Gasteiger partial charge in [0.1, 0.15) is 6.61 Å². The fraction of sp³-hybridized carbons (Fsp3) is 0.417. The number of rotatable bonds is 7. The summed E-state index contributed by atoms with van der Waals surface area (Å²) in [4.78, 5) is 27.3. The lowest BCUT2D eigenvalue weighted by atomic mass is 9.88. The van der Waals surface area contributed by atoms with E-state index in [0.717, 1.165) is 24.8 Å². The molecule has 2 atom stereocenters. The molecule has 0 radical (unpaired) electrons. The predicted molar refractivity (Wildman–Crippen MR) is 113 cm³/mol. The maximum absolute atomic E-state index is 12.7. The molecule has 1 aliphatic rings. The maximum Gasteiger partial charge on any atom is 0.249 e. The van der Waals surface area contributed by atoms with Gasteiger partial charge in [0.2, 0.25) is 11.8 Å². The number of piperidine rings is 1. The number of nitrogens with one attached hydrogen (secondary N) is 1. The van der Waals surface area contributed by atoms with E-state index in [0.29, 0.717) is 13.1 Å². The van der Waals surface area contributed by atoms with Crippen molar-refractivity contribution in [2.24, 2.45) is 5.92 Å². The van der Waals surface area contributed by atoms with Crippen molar-refractivity contribution in [3.8, 4) is 0 Å². The molecular weight excluding hydrogens is 364 g/mol. The average Bonchev–Trinajstić information content (AvgIpc) is 2.74. The number of amides is 2. The third-order valence-electron chi connectivity index (χ3n) is 5.52. The number of nitrogens with zero attached hydrogens (tertiary/aromatic N) is 1. The Morgan fingerprint density at radius 1 is 1.10 bits per heavy atom. The van der Waals surface area contributed by atoms with Gasteiger partial charge in [-0.05, 0) is 37.3 Å². The first kappa shape index (κ1) is 21.1. The third kappa shape index (κ3) is 5.67. The molecule has 0 aliphatic carbocycles.